The van der Waals surface area contributed by atoms with Crippen molar-refractivity contribution < 1.29 is 24.5 Å². The molecule has 0 aromatic heterocycles. The number of aliphatic hydroxyl groups is 2. The van der Waals surface area contributed by atoms with Gasteiger partial charge < -0.3 is 14.9 Å². The number of thioether (sulfide) groups is 1. The number of hydrogen-bond acceptors (Lipinski definition) is 6. The predicted octanol–water partition coefficient (Wildman–Crippen LogP) is 4.31. The molecule has 1 aromatic carbocycles. The third-order valence-corrected chi connectivity index (χ3v) is 7.39. The predicted molar refractivity (Wildman–Crippen MR) is 119 cm³/mol. The second-order valence-electron chi connectivity index (χ2n) is 8.34. The first-order valence-corrected chi connectivity index (χ1v) is 12.0. The SMILES string of the molecule is COC(=O)CCCCCCC1C(=O)CC(O)[C@@H]1CCC(O)CSc1ccccc1C. The van der Waals surface area contributed by atoms with Crippen molar-refractivity contribution in [2.24, 2.45) is 11.8 Å². The molecule has 6 heteroatoms. The molecule has 2 rings (SSSR count). The summed E-state index contributed by atoms with van der Waals surface area (Å²) in [7, 11) is 1.40. The van der Waals surface area contributed by atoms with Gasteiger partial charge >= 0.3 is 5.97 Å². The van der Waals surface area contributed by atoms with E-state index in [4.69, 9.17) is 0 Å². The van der Waals surface area contributed by atoms with Crippen LogP contribution in [0, 0.1) is 18.8 Å². The van der Waals surface area contributed by atoms with Crippen molar-refractivity contribution in [3.63, 3.8) is 0 Å². The van der Waals surface area contributed by atoms with Gasteiger partial charge in [-0.25, -0.2) is 0 Å². The van der Waals surface area contributed by atoms with Crippen LogP contribution >= 0.6 is 11.8 Å². The molecule has 168 valence electrons. The Kier molecular flexibility index (Phi) is 10.9. The van der Waals surface area contributed by atoms with Crippen molar-refractivity contribution in [2.45, 2.75) is 81.8 Å². The molecule has 0 radical (unpaired) electrons. The average Bonchev–Trinajstić information content (AvgIpc) is 3.00. The number of unbranched alkanes of at least 4 members (excludes halogenated alkanes) is 3. The van der Waals surface area contributed by atoms with Crippen LogP contribution in [0.3, 0.4) is 0 Å². The van der Waals surface area contributed by atoms with Gasteiger partial charge in [-0.05, 0) is 50.2 Å². The van der Waals surface area contributed by atoms with Gasteiger partial charge in [0.2, 0.25) is 0 Å². The van der Waals surface area contributed by atoms with E-state index in [-0.39, 0.29) is 30.0 Å². The van der Waals surface area contributed by atoms with Gasteiger partial charge in [0.15, 0.2) is 0 Å². The minimum absolute atomic E-state index is 0.0503. The van der Waals surface area contributed by atoms with Crippen LogP contribution in [0.2, 0.25) is 0 Å². The van der Waals surface area contributed by atoms with Crippen LogP contribution in [0.15, 0.2) is 29.2 Å². The highest BCUT2D eigenvalue weighted by Crippen LogP contribution is 2.37. The number of aliphatic hydroxyl groups excluding tert-OH is 2. The fraction of sp³-hybridized carbons (Fsp3) is 0.667. The van der Waals surface area contributed by atoms with Crippen molar-refractivity contribution in [1.29, 1.82) is 0 Å². The Morgan fingerprint density at radius 1 is 1.20 bits per heavy atom. The lowest BCUT2D eigenvalue weighted by Gasteiger charge is -2.22. The third-order valence-electron chi connectivity index (χ3n) is 6.07. The molecule has 30 heavy (non-hydrogen) atoms. The van der Waals surface area contributed by atoms with E-state index in [2.05, 4.69) is 23.8 Å². The van der Waals surface area contributed by atoms with Crippen LogP contribution in [0.5, 0.6) is 0 Å². The topological polar surface area (TPSA) is 83.8 Å². The second kappa shape index (κ2) is 13.1. The molecule has 1 aromatic rings. The van der Waals surface area contributed by atoms with Crippen molar-refractivity contribution in [2.75, 3.05) is 12.9 Å². The van der Waals surface area contributed by atoms with E-state index in [1.54, 1.807) is 11.8 Å². The third kappa shape index (κ3) is 8.05. The molecule has 1 aliphatic rings. The highest BCUT2D eigenvalue weighted by molar-refractivity contribution is 7.99. The minimum Gasteiger partial charge on any atom is -0.469 e. The molecule has 1 aliphatic carbocycles. The van der Waals surface area contributed by atoms with Crippen molar-refractivity contribution >= 4 is 23.5 Å². The van der Waals surface area contributed by atoms with Crippen LogP contribution < -0.4 is 0 Å². The van der Waals surface area contributed by atoms with Crippen molar-refractivity contribution in [1.82, 2.24) is 0 Å². The quantitative estimate of drug-likeness (QED) is 0.272. The van der Waals surface area contributed by atoms with Gasteiger partial charge in [0.25, 0.3) is 0 Å². The molecule has 2 N–H and O–H groups in total. The summed E-state index contributed by atoms with van der Waals surface area (Å²) >= 11 is 1.65. The molecule has 1 fully saturated rings. The van der Waals surface area contributed by atoms with E-state index >= 15 is 0 Å². The zero-order chi connectivity index (χ0) is 21.9. The minimum atomic E-state index is -0.585. The lowest BCUT2D eigenvalue weighted by atomic mass is 9.85. The number of methoxy groups -OCH3 is 1. The maximum absolute atomic E-state index is 12.3. The van der Waals surface area contributed by atoms with Gasteiger partial charge in [-0.15, -0.1) is 11.8 Å². The summed E-state index contributed by atoms with van der Waals surface area (Å²) in [6.45, 7) is 2.06. The number of hydrogen-bond donors (Lipinski definition) is 2. The Bertz CT molecular complexity index is 677. The number of carbonyl (C=O) groups excluding carboxylic acids is 2. The van der Waals surface area contributed by atoms with Crippen LogP contribution in [-0.2, 0) is 14.3 Å². The number of benzene rings is 1. The molecule has 0 aliphatic heterocycles. The van der Waals surface area contributed by atoms with Crippen molar-refractivity contribution in [3.05, 3.63) is 29.8 Å². The first-order chi connectivity index (χ1) is 14.4. The maximum Gasteiger partial charge on any atom is 0.305 e. The van der Waals surface area contributed by atoms with Crippen LogP contribution in [-0.4, -0.2) is 47.0 Å². The Balaban J connectivity index is 1.71. The molecular formula is C24H36O5S. The Morgan fingerprint density at radius 3 is 2.67 bits per heavy atom. The van der Waals surface area contributed by atoms with E-state index in [9.17, 15) is 19.8 Å². The number of carbonyl (C=O) groups is 2. The van der Waals surface area contributed by atoms with E-state index in [0.717, 1.165) is 32.1 Å². The number of aryl methyl sites for hydroxylation is 1. The molecule has 1 saturated carbocycles. The molecule has 3 unspecified atom stereocenters. The number of Topliss-reactive ketones (excluding diaryl/α,β-unsaturated/α-hetero) is 1. The summed E-state index contributed by atoms with van der Waals surface area (Å²) in [6, 6.07) is 8.14. The Labute approximate surface area is 184 Å². The van der Waals surface area contributed by atoms with E-state index in [1.165, 1.54) is 17.6 Å². The zero-order valence-electron chi connectivity index (χ0n) is 18.2. The van der Waals surface area contributed by atoms with Crippen LogP contribution in [0.1, 0.15) is 63.4 Å². The molecule has 0 heterocycles. The smallest absolute Gasteiger partial charge is 0.305 e. The number of rotatable bonds is 13. The van der Waals surface area contributed by atoms with E-state index < -0.39 is 12.2 Å². The summed E-state index contributed by atoms with van der Waals surface area (Å²) in [5.74, 6) is 0.448. The fourth-order valence-corrected chi connectivity index (χ4v) is 5.26. The zero-order valence-corrected chi connectivity index (χ0v) is 19.0. The summed E-state index contributed by atoms with van der Waals surface area (Å²) in [4.78, 5) is 24.7. The fourth-order valence-electron chi connectivity index (χ4n) is 4.25. The highest BCUT2D eigenvalue weighted by atomic mass is 32.2. The molecule has 0 amide bonds. The summed E-state index contributed by atoms with van der Waals surface area (Å²) in [5, 5.41) is 20.8. The van der Waals surface area contributed by atoms with Gasteiger partial charge in [-0.1, -0.05) is 37.5 Å². The van der Waals surface area contributed by atoms with Gasteiger partial charge in [-0.2, -0.15) is 0 Å². The molecule has 0 bridgehead atoms. The molecule has 4 atom stereocenters. The second-order valence-corrected chi connectivity index (χ2v) is 9.41. The standard InChI is InChI=1S/C24H36O5S/c1-17-9-7-8-11-23(17)30-16-18(25)13-14-20-19(21(26)15-22(20)27)10-5-3-4-6-12-24(28)29-2/h7-9,11,18-20,22,25,27H,3-6,10,12-16H2,1-2H3/t18?,19?,20-,22?/m1/s1. The highest BCUT2D eigenvalue weighted by Gasteiger charge is 2.40. The molecule has 5 nitrogen and oxygen atoms in total. The molecule has 0 spiro atoms. The van der Waals surface area contributed by atoms with Gasteiger partial charge in [0.1, 0.15) is 5.78 Å². The van der Waals surface area contributed by atoms with Gasteiger partial charge in [0, 0.05) is 29.4 Å². The number of esters is 1. The van der Waals surface area contributed by atoms with E-state index in [0.29, 0.717) is 25.0 Å². The largest absolute Gasteiger partial charge is 0.469 e. The van der Waals surface area contributed by atoms with Gasteiger partial charge in [0.05, 0.1) is 19.3 Å². The average molecular weight is 437 g/mol. The maximum atomic E-state index is 12.3. The molecule has 0 saturated heterocycles. The first-order valence-electron chi connectivity index (χ1n) is 11.1. The normalized spacial score (nSPS) is 22.3. The monoisotopic (exact) mass is 436 g/mol. The lowest BCUT2D eigenvalue weighted by Crippen LogP contribution is -2.23. The molecular weight excluding hydrogens is 400 g/mol. The lowest BCUT2D eigenvalue weighted by molar-refractivity contribution is -0.140. The Hall–Kier alpha value is -1.37. The van der Waals surface area contributed by atoms with Gasteiger partial charge in [-0.3, -0.25) is 9.59 Å². The van der Waals surface area contributed by atoms with Crippen molar-refractivity contribution in [3.8, 4) is 0 Å². The van der Waals surface area contributed by atoms with Crippen LogP contribution in [0.4, 0.5) is 0 Å². The van der Waals surface area contributed by atoms with Crippen LogP contribution in [0.25, 0.3) is 0 Å². The summed E-state index contributed by atoms with van der Waals surface area (Å²) in [5.41, 5.74) is 1.21. The number of ketones is 1. The summed E-state index contributed by atoms with van der Waals surface area (Å²) < 4.78 is 4.64. The van der Waals surface area contributed by atoms with E-state index in [1.807, 2.05) is 12.1 Å². The Morgan fingerprint density at radius 2 is 1.93 bits per heavy atom. The summed E-state index contributed by atoms with van der Waals surface area (Å²) in [6.07, 6.45) is 5.36. The number of ether oxygens (including phenoxy) is 1. The first kappa shape index (κ1) is 24.9.